The van der Waals surface area contributed by atoms with Crippen molar-refractivity contribution in [2.75, 3.05) is 11.9 Å². The third-order valence-electron chi connectivity index (χ3n) is 1.79. The number of carbonyl (C=O) groups is 1. The van der Waals surface area contributed by atoms with E-state index in [9.17, 15) is 4.79 Å². The van der Waals surface area contributed by atoms with Gasteiger partial charge >= 0.3 is 98.6 Å². The maximum atomic E-state index is 11.2. The normalized spacial score (nSPS) is 9.77. The number of rotatable bonds is 2. The van der Waals surface area contributed by atoms with Crippen LogP contribution in [0.3, 0.4) is 0 Å². The summed E-state index contributed by atoms with van der Waals surface area (Å²) in [5.41, 5.74) is 1.07. The molecule has 0 fully saturated rings. The van der Waals surface area contributed by atoms with Crippen molar-refractivity contribution in [3.05, 3.63) is 24.3 Å². The first-order valence-electron chi connectivity index (χ1n) is 3.80. The number of nitrogens with zero attached hydrogens (tertiary/aromatic N) is 1. The molecule has 0 unspecified atom stereocenters. The van der Waals surface area contributed by atoms with Gasteiger partial charge in [0.05, 0.1) is 0 Å². The summed E-state index contributed by atoms with van der Waals surface area (Å²) in [6.07, 6.45) is 0. The van der Waals surface area contributed by atoms with Gasteiger partial charge in [-0.1, -0.05) is 0 Å². The maximum absolute atomic E-state index is 11.2. The van der Waals surface area contributed by atoms with E-state index in [0.29, 0.717) is 0 Å². The number of anilines is 1. The van der Waals surface area contributed by atoms with Crippen molar-refractivity contribution in [2.24, 2.45) is 0 Å². The van der Waals surface area contributed by atoms with Gasteiger partial charge in [0.15, 0.2) is 0 Å². The summed E-state index contributed by atoms with van der Waals surface area (Å²) in [5, 5.41) is 0. The SMILES string of the molecule is CC(=O)N(C)c1ccccc1[Te][Te]. The molecule has 0 saturated heterocycles. The number of amides is 1. The van der Waals surface area contributed by atoms with Crippen LogP contribution in [-0.4, -0.2) is 48.4 Å². The molecule has 0 aliphatic heterocycles. The van der Waals surface area contributed by atoms with E-state index < -0.39 is 0 Å². The fourth-order valence-electron chi connectivity index (χ4n) is 0.974. The number of para-hydroxylation sites is 1. The van der Waals surface area contributed by atoms with Gasteiger partial charge in [-0.25, -0.2) is 0 Å². The van der Waals surface area contributed by atoms with Gasteiger partial charge in [0.25, 0.3) is 0 Å². The fraction of sp³-hybridized carbons (Fsp3) is 0.222. The third-order valence-corrected chi connectivity index (χ3v) is 6.72. The Bertz CT molecular complexity index is 314. The van der Waals surface area contributed by atoms with Crippen molar-refractivity contribution >= 4 is 50.7 Å². The van der Waals surface area contributed by atoms with Crippen LogP contribution in [0.25, 0.3) is 0 Å². The van der Waals surface area contributed by atoms with E-state index in [-0.39, 0.29) is 23.0 Å². The van der Waals surface area contributed by atoms with Gasteiger partial charge in [-0.3, -0.25) is 0 Å². The molecule has 1 aromatic carbocycles. The summed E-state index contributed by atoms with van der Waals surface area (Å²) in [7, 11) is 1.82. The van der Waals surface area contributed by atoms with Gasteiger partial charge in [0.1, 0.15) is 0 Å². The third kappa shape index (κ3) is 2.86. The second-order valence-corrected chi connectivity index (χ2v) is 7.55. The van der Waals surface area contributed by atoms with Crippen LogP contribution in [-0.2, 0) is 4.79 Å². The topological polar surface area (TPSA) is 20.3 Å². The summed E-state index contributed by atoms with van der Waals surface area (Å²) < 4.78 is 1.34. The van der Waals surface area contributed by atoms with Crippen LogP contribution in [0.4, 0.5) is 5.69 Å². The standard InChI is InChI=1S/C9H10NOTe2/c1-7(11)10(2)8-5-3-4-6-9(8)13-12/h3-6H,1-2H3. The molecule has 2 nitrogen and oxygen atoms in total. The number of hydrogen-bond acceptors (Lipinski definition) is 1. The zero-order chi connectivity index (χ0) is 9.84. The van der Waals surface area contributed by atoms with Crippen molar-refractivity contribution in [3.8, 4) is 0 Å². The van der Waals surface area contributed by atoms with E-state index in [1.165, 1.54) is 3.61 Å². The van der Waals surface area contributed by atoms with Crippen molar-refractivity contribution in [1.29, 1.82) is 0 Å². The molecule has 4 heteroatoms. The summed E-state index contributed by atoms with van der Waals surface area (Å²) in [4.78, 5) is 12.9. The Balaban J connectivity index is 3.05. The monoisotopic (exact) mass is 408 g/mol. The van der Waals surface area contributed by atoms with Gasteiger partial charge in [0.2, 0.25) is 0 Å². The molecule has 0 N–H and O–H groups in total. The molecule has 1 amide bonds. The van der Waals surface area contributed by atoms with E-state index in [4.69, 9.17) is 0 Å². The van der Waals surface area contributed by atoms with Gasteiger partial charge in [0, 0.05) is 0 Å². The minimum atomic E-state index is -0.122. The zero-order valence-electron chi connectivity index (χ0n) is 7.48. The molecule has 0 aliphatic rings. The average Bonchev–Trinajstić information content (AvgIpc) is 2.16. The van der Waals surface area contributed by atoms with E-state index in [1.54, 1.807) is 11.8 Å². The molecular formula is C9H10NOTe2. The average molecular weight is 403 g/mol. The molecule has 0 bridgehead atoms. The van der Waals surface area contributed by atoms with Crippen molar-refractivity contribution in [3.63, 3.8) is 0 Å². The molecule has 0 aromatic heterocycles. The van der Waals surface area contributed by atoms with Crippen LogP contribution in [0.1, 0.15) is 6.92 Å². The molecule has 69 valence electrons. The van der Waals surface area contributed by atoms with Crippen LogP contribution in [0, 0.1) is 0 Å². The molecule has 0 aliphatic carbocycles. The quantitative estimate of drug-likeness (QED) is 0.641. The van der Waals surface area contributed by atoms with Crippen LogP contribution in [0.5, 0.6) is 0 Å². The van der Waals surface area contributed by atoms with E-state index in [0.717, 1.165) is 5.69 Å². The number of carbonyl (C=O) groups excluding carboxylic acids is 1. The predicted molar refractivity (Wildman–Crippen MR) is 56.7 cm³/mol. The van der Waals surface area contributed by atoms with Crippen molar-refractivity contribution < 1.29 is 4.79 Å². The van der Waals surface area contributed by atoms with Gasteiger partial charge in [-0.05, 0) is 0 Å². The minimum absolute atomic E-state index is 0.0922. The van der Waals surface area contributed by atoms with Crippen molar-refractivity contribution in [2.45, 2.75) is 6.92 Å². The second kappa shape index (κ2) is 5.22. The molecule has 13 heavy (non-hydrogen) atoms. The number of hydrogen-bond donors (Lipinski definition) is 0. The molecule has 0 heterocycles. The van der Waals surface area contributed by atoms with E-state index in [2.05, 4.69) is 24.5 Å². The first kappa shape index (κ1) is 11.3. The molecule has 1 aromatic rings. The predicted octanol–water partition coefficient (Wildman–Crippen LogP) is 0.0823. The summed E-state index contributed by atoms with van der Waals surface area (Å²) in [6.45, 7) is 1.59. The van der Waals surface area contributed by atoms with Crippen LogP contribution in [0.15, 0.2) is 24.3 Å². The molecule has 0 atom stereocenters. The van der Waals surface area contributed by atoms with Crippen LogP contribution in [0.2, 0.25) is 0 Å². The van der Waals surface area contributed by atoms with Crippen LogP contribution < -0.4 is 8.51 Å². The Labute approximate surface area is 97.8 Å². The fourth-order valence-corrected chi connectivity index (χ4v) is 4.88. The summed E-state index contributed by atoms with van der Waals surface area (Å²) >= 11 is 2.03. The first-order chi connectivity index (χ1) is 6.16. The van der Waals surface area contributed by atoms with Crippen LogP contribution >= 0.6 is 0 Å². The Kier molecular flexibility index (Phi) is 4.56. The molecule has 0 spiro atoms. The first-order valence-corrected chi connectivity index (χ1v) is 12.3. The Hall–Kier alpha value is 0.269. The van der Waals surface area contributed by atoms with Crippen molar-refractivity contribution in [1.82, 2.24) is 0 Å². The van der Waals surface area contributed by atoms with E-state index in [1.807, 2.05) is 25.2 Å². The Morgan fingerprint density at radius 3 is 2.62 bits per heavy atom. The molecule has 1 rings (SSSR count). The Morgan fingerprint density at radius 2 is 2.08 bits per heavy atom. The molecular weight excluding hydrogens is 393 g/mol. The second-order valence-electron chi connectivity index (χ2n) is 2.63. The molecule has 1 radical (unpaired) electrons. The zero-order valence-corrected chi connectivity index (χ0v) is 12.1. The summed E-state index contributed by atoms with van der Waals surface area (Å²) in [6, 6.07) is 8.12. The van der Waals surface area contributed by atoms with E-state index >= 15 is 0 Å². The molecule has 0 saturated carbocycles. The Morgan fingerprint density at radius 1 is 1.46 bits per heavy atom. The number of benzene rings is 1. The van der Waals surface area contributed by atoms with Gasteiger partial charge in [-0.15, -0.1) is 0 Å². The van der Waals surface area contributed by atoms with Gasteiger partial charge < -0.3 is 0 Å². The van der Waals surface area contributed by atoms with Gasteiger partial charge in [-0.2, -0.15) is 0 Å². The summed E-state index contributed by atoms with van der Waals surface area (Å²) in [5.74, 6) is 0.0922.